The number of amides is 2. The Balaban J connectivity index is 1.90. The summed E-state index contributed by atoms with van der Waals surface area (Å²) in [6.45, 7) is 1.84. The molecule has 0 bridgehead atoms. The summed E-state index contributed by atoms with van der Waals surface area (Å²) in [5, 5.41) is 6.01. The molecule has 0 saturated carbocycles. The molecule has 3 rings (SSSR count). The van der Waals surface area contributed by atoms with E-state index in [0.29, 0.717) is 33.1 Å². The van der Waals surface area contributed by atoms with Crippen molar-refractivity contribution in [2.75, 3.05) is 24.9 Å². The van der Waals surface area contributed by atoms with Crippen molar-refractivity contribution in [1.82, 2.24) is 15.0 Å². The molecule has 0 radical (unpaired) electrons. The highest BCUT2D eigenvalue weighted by atomic mass is 35.5. The SMILES string of the molecule is COc1ncc(NC(=O)Nc2cnc3ccc(Cl)nc3c2C(C)OC)cc1Cl. The van der Waals surface area contributed by atoms with Gasteiger partial charge >= 0.3 is 6.03 Å². The summed E-state index contributed by atoms with van der Waals surface area (Å²) in [6.07, 6.45) is 2.62. The van der Waals surface area contributed by atoms with Crippen LogP contribution in [0.1, 0.15) is 18.6 Å². The van der Waals surface area contributed by atoms with Gasteiger partial charge in [-0.25, -0.2) is 14.8 Å². The normalized spacial score (nSPS) is 11.9. The Labute approximate surface area is 171 Å². The summed E-state index contributed by atoms with van der Waals surface area (Å²) < 4.78 is 10.4. The number of ether oxygens (including phenoxy) is 2. The van der Waals surface area contributed by atoms with Gasteiger partial charge in [0.1, 0.15) is 10.2 Å². The highest BCUT2D eigenvalue weighted by molar-refractivity contribution is 6.32. The minimum Gasteiger partial charge on any atom is -0.480 e. The molecule has 28 heavy (non-hydrogen) atoms. The first-order valence-electron chi connectivity index (χ1n) is 8.18. The Kier molecular flexibility index (Phi) is 6.13. The predicted octanol–water partition coefficient (Wildman–Crippen LogP) is 4.69. The van der Waals surface area contributed by atoms with Crippen molar-refractivity contribution in [3.63, 3.8) is 0 Å². The molecule has 0 aromatic carbocycles. The lowest BCUT2D eigenvalue weighted by atomic mass is 10.1. The molecule has 0 aliphatic carbocycles. The van der Waals surface area contributed by atoms with Gasteiger partial charge in [0.05, 0.1) is 48.0 Å². The smallest absolute Gasteiger partial charge is 0.323 e. The second kappa shape index (κ2) is 8.55. The topological polar surface area (TPSA) is 98.3 Å². The fraction of sp³-hybridized carbons (Fsp3) is 0.222. The Morgan fingerprint density at radius 2 is 1.93 bits per heavy atom. The van der Waals surface area contributed by atoms with Gasteiger partial charge in [0, 0.05) is 12.7 Å². The van der Waals surface area contributed by atoms with Gasteiger partial charge in [-0.1, -0.05) is 23.2 Å². The molecule has 0 spiro atoms. The number of pyridine rings is 3. The molecule has 146 valence electrons. The van der Waals surface area contributed by atoms with Crippen molar-refractivity contribution >= 4 is 51.6 Å². The Morgan fingerprint density at radius 1 is 1.14 bits per heavy atom. The Hall–Kier alpha value is -2.68. The van der Waals surface area contributed by atoms with Crippen LogP contribution in [0.15, 0.2) is 30.6 Å². The van der Waals surface area contributed by atoms with E-state index < -0.39 is 6.03 Å². The molecule has 0 aliphatic rings. The van der Waals surface area contributed by atoms with Crippen molar-refractivity contribution in [1.29, 1.82) is 0 Å². The number of carbonyl (C=O) groups excluding carboxylic acids is 1. The number of halogens is 2. The number of urea groups is 1. The summed E-state index contributed by atoms with van der Waals surface area (Å²) in [5.74, 6) is 0.269. The van der Waals surface area contributed by atoms with E-state index in [2.05, 4.69) is 25.6 Å². The minimum atomic E-state index is -0.504. The summed E-state index contributed by atoms with van der Waals surface area (Å²) >= 11 is 12.1. The zero-order chi connectivity index (χ0) is 20.3. The highest BCUT2D eigenvalue weighted by Gasteiger charge is 2.19. The van der Waals surface area contributed by atoms with E-state index in [9.17, 15) is 4.79 Å². The third-order valence-electron chi connectivity index (χ3n) is 3.98. The monoisotopic (exact) mass is 421 g/mol. The maximum Gasteiger partial charge on any atom is 0.323 e. The van der Waals surface area contributed by atoms with Crippen molar-refractivity contribution in [2.24, 2.45) is 0 Å². The molecule has 0 fully saturated rings. The zero-order valence-electron chi connectivity index (χ0n) is 15.3. The van der Waals surface area contributed by atoms with Crippen LogP contribution < -0.4 is 15.4 Å². The summed E-state index contributed by atoms with van der Waals surface area (Å²) in [4.78, 5) is 25.2. The average molecular weight is 422 g/mol. The number of hydrogen-bond acceptors (Lipinski definition) is 6. The van der Waals surface area contributed by atoms with E-state index in [1.54, 1.807) is 25.4 Å². The molecule has 3 aromatic heterocycles. The average Bonchev–Trinajstić information content (AvgIpc) is 2.67. The molecular formula is C18H17Cl2N5O3. The quantitative estimate of drug-likeness (QED) is 0.579. The molecule has 2 N–H and O–H groups in total. The van der Waals surface area contributed by atoms with Crippen LogP contribution in [0.25, 0.3) is 11.0 Å². The van der Waals surface area contributed by atoms with E-state index >= 15 is 0 Å². The van der Waals surface area contributed by atoms with Crippen LogP contribution in [0.2, 0.25) is 10.2 Å². The van der Waals surface area contributed by atoms with Gasteiger partial charge in [0.2, 0.25) is 5.88 Å². The van der Waals surface area contributed by atoms with E-state index in [0.717, 1.165) is 0 Å². The number of fused-ring (bicyclic) bond motifs is 1. The number of anilines is 2. The largest absolute Gasteiger partial charge is 0.480 e. The summed E-state index contributed by atoms with van der Waals surface area (Å²) in [7, 11) is 3.02. The zero-order valence-corrected chi connectivity index (χ0v) is 16.8. The standard InChI is InChI=1S/C18H17Cl2N5O3/c1-9(27-2)15-13(8-21-12-4-5-14(20)25-16(12)15)24-18(26)23-10-6-11(19)17(28-3)22-7-10/h4-9H,1-3H3,(H2,23,24,26). The Morgan fingerprint density at radius 3 is 2.61 bits per heavy atom. The van der Waals surface area contributed by atoms with Gasteiger partial charge in [0.15, 0.2) is 0 Å². The molecular weight excluding hydrogens is 405 g/mol. The molecule has 3 heterocycles. The number of nitrogens with one attached hydrogen (secondary N) is 2. The number of nitrogens with zero attached hydrogens (tertiary/aromatic N) is 3. The highest BCUT2D eigenvalue weighted by Crippen LogP contribution is 2.31. The van der Waals surface area contributed by atoms with Gasteiger partial charge in [-0.05, 0) is 25.1 Å². The molecule has 1 unspecified atom stereocenters. The van der Waals surface area contributed by atoms with Crippen molar-refractivity contribution in [3.05, 3.63) is 46.3 Å². The second-order valence-corrected chi connectivity index (χ2v) is 6.55. The molecule has 3 aromatic rings. The fourth-order valence-electron chi connectivity index (χ4n) is 2.62. The van der Waals surface area contributed by atoms with Crippen LogP contribution in [0, 0.1) is 0 Å². The molecule has 0 saturated heterocycles. The van der Waals surface area contributed by atoms with Crippen LogP contribution in [0.5, 0.6) is 5.88 Å². The molecule has 1 atom stereocenters. The lowest BCUT2D eigenvalue weighted by molar-refractivity contribution is 0.121. The second-order valence-electron chi connectivity index (χ2n) is 5.76. The number of hydrogen-bond donors (Lipinski definition) is 2. The summed E-state index contributed by atoms with van der Waals surface area (Å²) in [5.41, 5.74) is 2.70. The van der Waals surface area contributed by atoms with Crippen LogP contribution in [-0.2, 0) is 4.74 Å². The third-order valence-corrected chi connectivity index (χ3v) is 4.47. The number of carbonyl (C=O) groups is 1. The minimum absolute atomic E-state index is 0.269. The first kappa shape index (κ1) is 20.1. The molecule has 0 aliphatic heterocycles. The van der Waals surface area contributed by atoms with E-state index in [-0.39, 0.29) is 17.0 Å². The van der Waals surface area contributed by atoms with Crippen LogP contribution >= 0.6 is 23.2 Å². The van der Waals surface area contributed by atoms with E-state index in [1.165, 1.54) is 19.4 Å². The summed E-state index contributed by atoms with van der Waals surface area (Å²) in [6, 6.07) is 4.44. The van der Waals surface area contributed by atoms with Gasteiger partial charge in [-0.2, -0.15) is 0 Å². The number of rotatable bonds is 5. The van der Waals surface area contributed by atoms with Gasteiger partial charge < -0.3 is 20.1 Å². The van der Waals surface area contributed by atoms with Crippen LogP contribution in [-0.4, -0.2) is 35.2 Å². The van der Waals surface area contributed by atoms with Crippen molar-refractivity contribution in [2.45, 2.75) is 13.0 Å². The van der Waals surface area contributed by atoms with Crippen LogP contribution in [0.4, 0.5) is 16.2 Å². The maximum absolute atomic E-state index is 12.5. The van der Waals surface area contributed by atoms with Gasteiger partial charge in [-0.15, -0.1) is 0 Å². The lowest BCUT2D eigenvalue weighted by Crippen LogP contribution is -2.21. The number of methoxy groups -OCH3 is 2. The molecule has 10 heteroatoms. The van der Waals surface area contributed by atoms with Gasteiger partial charge in [0.25, 0.3) is 0 Å². The predicted molar refractivity (Wildman–Crippen MR) is 108 cm³/mol. The van der Waals surface area contributed by atoms with Crippen molar-refractivity contribution in [3.8, 4) is 5.88 Å². The number of aromatic nitrogens is 3. The van der Waals surface area contributed by atoms with E-state index in [1.807, 2.05) is 6.92 Å². The van der Waals surface area contributed by atoms with Gasteiger partial charge in [-0.3, -0.25) is 4.98 Å². The van der Waals surface area contributed by atoms with Crippen LogP contribution in [0.3, 0.4) is 0 Å². The third kappa shape index (κ3) is 4.24. The molecule has 2 amide bonds. The maximum atomic E-state index is 12.5. The van der Waals surface area contributed by atoms with Crippen molar-refractivity contribution < 1.29 is 14.3 Å². The van der Waals surface area contributed by atoms with E-state index in [4.69, 9.17) is 32.7 Å². The molecule has 8 nitrogen and oxygen atoms in total. The first-order chi connectivity index (χ1) is 13.4. The first-order valence-corrected chi connectivity index (χ1v) is 8.94. The lowest BCUT2D eigenvalue weighted by Gasteiger charge is -2.18. The Bertz CT molecular complexity index is 1030. The fourth-order valence-corrected chi connectivity index (χ4v) is 3.01.